The van der Waals surface area contributed by atoms with Gasteiger partial charge in [0.1, 0.15) is 4.21 Å². The number of carbonyl (C=O) groups excluding carboxylic acids is 1. The molecule has 3 N–H and O–H groups in total. The quantitative estimate of drug-likeness (QED) is 0.427. The summed E-state index contributed by atoms with van der Waals surface area (Å²) in [5.41, 5.74) is 1.59. The van der Waals surface area contributed by atoms with Crippen molar-refractivity contribution in [2.45, 2.75) is 4.21 Å². The molecule has 0 saturated carbocycles. The van der Waals surface area contributed by atoms with Crippen molar-refractivity contribution in [1.29, 1.82) is 0 Å². The summed E-state index contributed by atoms with van der Waals surface area (Å²) in [6.45, 7) is 0. The van der Waals surface area contributed by atoms with Crippen LogP contribution in [-0.4, -0.2) is 24.4 Å². The van der Waals surface area contributed by atoms with E-state index in [9.17, 15) is 18.0 Å². The average molecular weight is 461 g/mol. The van der Waals surface area contributed by atoms with Crippen LogP contribution in [0.1, 0.15) is 0 Å². The van der Waals surface area contributed by atoms with E-state index in [1.807, 2.05) is 10.8 Å². The fourth-order valence-corrected chi connectivity index (χ4v) is 5.15. The minimum absolute atomic E-state index is 0.0772. The van der Waals surface area contributed by atoms with E-state index in [0.29, 0.717) is 21.0 Å². The van der Waals surface area contributed by atoms with Gasteiger partial charge in [0.05, 0.1) is 27.5 Å². The first kappa shape index (κ1) is 20.1. The van der Waals surface area contributed by atoms with E-state index in [1.165, 1.54) is 24.4 Å². The lowest BCUT2D eigenvalue weighted by molar-refractivity contribution is 0.256. The Morgan fingerprint density at radius 3 is 2.60 bits per heavy atom. The molecular formula is C19H13ClN4O4S2. The van der Waals surface area contributed by atoms with E-state index in [4.69, 9.17) is 11.6 Å². The lowest BCUT2D eigenvalue weighted by Crippen LogP contribution is -2.33. The zero-order valence-corrected chi connectivity index (χ0v) is 17.4. The Kier molecular flexibility index (Phi) is 5.29. The van der Waals surface area contributed by atoms with Gasteiger partial charge in [0.25, 0.3) is 10.0 Å². The molecule has 0 fully saturated rings. The van der Waals surface area contributed by atoms with Crippen LogP contribution in [0.5, 0.6) is 0 Å². The van der Waals surface area contributed by atoms with Gasteiger partial charge in [-0.3, -0.25) is 9.78 Å². The summed E-state index contributed by atoms with van der Waals surface area (Å²) >= 11 is 6.57. The molecule has 11 heteroatoms. The van der Waals surface area contributed by atoms with Crippen LogP contribution in [0.4, 0.5) is 10.5 Å². The number of hydrogen-bond donors (Lipinski definition) is 3. The van der Waals surface area contributed by atoms with Crippen molar-refractivity contribution in [3.63, 3.8) is 0 Å². The van der Waals surface area contributed by atoms with Gasteiger partial charge in [-0.15, -0.1) is 11.3 Å². The van der Waals surface area contributed by atoms with Gasteiger partial charge >= 0.3 is 6.03 Å². The number of anilines is 1. The van der Waals surface area contributed by atoms with Crippen molar-refractivity contribution >= 4 is 55.6 Å². The normalized spacial score (nSPS) is 11.4. The molecule has 2 amide bonds. The van der Waals surface area contributed by atoms with Gasteiger partial charge in [0, 0.05) is 17.1 Å². The molecule has 30 heavy (non-hydrogen) atoms. The molecule has 0 aliphatic rings. The van der Waals surface area contributed by atoms with Crippen molar-refractivity contribution in [1.82, 2.24) is 14.7 Å². The topological polar surface area (TPSA) is 121 Å². The smallest absolute Gasteiger partial charge is 0.333 e. The number of nitrogens with zero attached hydrogens (tertiary/aromatic N) is 1. The summed E-state index contributed by atoms with van der Waals surface area (Å²) in [4.78, 5) is 32.0. The summed E-state index contributed by atoms with van der Waals surface area (Å²) in [6.07, 6.45) is 2.91. The first-order valence-electron chi connectivity index (χ1n) is 8.49. The predicted octanol–water partition coefficient (Wildman–Crippen LogP) is 3.82. The molecule has 3 aromatic heterocycles. The van der Waals surface area contributed by atoms with Crippen molar-refractivity contribution in [2.75, 3.05) is 5.32 Å². The highest BCUT2D eigenvalue weighted by molar-refractivity contribution is 7.92. The van der Waals surface area contributed by atoms with Crippen molar-refractivity contribution in [3.8, 4) is 11.3 Å². The lowest BCUT2D eigenvalue weighted by atomic mass is 10.1. The van der Waals surface area contributed by atoms with Gasteiger partial charge in [-0.2, -0.15) is 0 Å². The van der Waals surface area contributed by atoms with Crippen LogP contribution in [0.25, 0.3) is 22.2 Å². The first-order valence-corrected chi connectivity index (χ1v) is 11.2. The molecular weight excluding hydrogens is 448 g/mol. The molecule has 152 valence electrons. The third-order valence-corrected chi connectivity index (χ3v) is 7.18. The molecule has 0 saturated heterocycles. The number of urea groups is 1. The van der Waals surface area contributed by atoms with Crippen molar-refractivity contribution in [2.24, 2.45) is 0 Å². The number of H-pyrrole nitrogens is 1. The van der Waals surface area contributed by atoms with E-state index in [-0.39, 0.29) is 15.3 Å². The minimum Gasteiger partial charge on any atom is -0.360 e. The Morgan fingerprint density at radius 2 is 1.90 bits per heavy atom. The number of hydrogen-bond acceptors (Lipinski definition) is 6. The molecule has 4 rings (SSSR count). The van der Waals surface area contributed by atoms with Gasteiger partial charge < -0.3 is 10.3 Å². The Bertz CT molecular complexity index is 1410. The molecule has 0 atom stereocenters. The van der Waals surface area contributed by atoms with Crippen molar-refractivity contribution < 1.29 is 13.2 Å². The maximum absolute atomic E-state index is 12.7. The van der Waals surface area contributed by atoms with Gasteiger partial charge in [0.2, 0.25) is 0 Å². The van der Waals surface area contributed by atoms with E-state index >= 15 is 0 Å². The van der Waals surface area contributed by atoms with Crippen LogP contribution < -0.4 is 15.5 Å². The van der Waals surface area contributed by atoms with Crippen LogP contribution in [0.3, 0.4) is 0 Å². The number of nitrogens with one attached hydrogen (secondary N) is 3. The number of amides is 2. The number of sulfonamides is 1. The number of rotatable bonds is 4. The maximum Gasteiger partial charge on any atom is 0.333 e. The second kappa shape index (κ2) is 7.90. The van der Waals surface area contributed by atoms with E-state index in [2.05, 4.69) is 15.3 Å². The molecule has 0 aliphatic carbocycles. The van der Waals surface area contributed by atoms with Gasteiger partial charge in [-0.1, -0.05) is 23.7 Å². The fraction of sp³-hybridized carbons (Fsp3) is 0. The summed E-state index contributed by atoms with van der Waals surface area (Å²) in [5.74, 6) is 0. The minimum atomic E-state index is -4.03. The Balaban J connectivity index is 1.51. The number of aromatic amines is 1. The summed E-state index contributed by atoms with van der Waals surface area (Å²) in [6, 6.07) is 12.0. The Morgan fingerprint density at radius 1 is 1.10 bits per heavy atom. The van der Waals surface area contributed by atoms with E-state index in [0.717, 1.165) is 16.9 Å². The van der Waals surface area contributed by atoms with Gasteiger partial charge in [0.15, 0.2) is 5.43 Å². The van der Waals surface area contributed by atoms with Crippen LogP contribution >= 0.6 is 22.9 Å². The molecule has 8 nitrogen and oxygen atoms in total. The second-order valence-corrected chi connectivity index (χ2v) is 9.75. The van der Waals surface area contributed by atoms with Crippen LogP contribution in [-0.2, 0) is 10.0 Å². The zero-order valence-electron chi connectivity index (χ0n) is 15.0. The first-order chi connectivity index (χ1) is 14.3. The molecule has 3 heterocycles. The zero-order chi connectivity index (χ0) is 21.3. The number of para-hydroxylation sites is 1. The van der Waals surface area contributed by atoms with E-state index in [1.54, 1.807) is 30.5 Å². The molecule has 0 radical (unpaired) electrons. The Labute approximate surface area is 179 Å². The molecule has 0 aliphatic heterocycles. The number of benzene rings is 1. The highest BCUT2D eigenvalue weighted by Crippen LogP contribution is 2.25. The molecule has 1 aromatic carbocycles. The van der Waals surface area contributed by atoms with Gasteiger partial charge in [-0.25, -0.2) is 17.9 Å². The monoisotopic (exact) mass is 460 g/mol. The Hall–Kier alpha value is -3.21. The van der Waals surface area contributed by atoms with Crippen molar-refractivity contribution in [3.05, 3.63) is 75.5 Å². The van der Waals surface area contributed by atoms with Gasteiger partial charge in [-0.05, 0) is 36.4 Å². The fourth-order valence-electron chi connectivity index (χ4n) is 2.76. The second-order valence-electron chi connectivity index (χ2n) is 6.13. The van der Waals surface area contributed by atoms with Crippen LogP contribution in [0.15, 0.2) is 69.9 Å². The number of pyridine rings is 2. The third-order valence-electron chi connectivity index (χ3n) is 4.13. The highest BCUT2D eigenvalue weighted by atomic mass is 35.5. The summed E-state index contributed by atoms with van der Waals surface area (Å²) in [5, 5.41) is 2.93. The van der Waals surface area contributed by atoms with Crippen LogP contribution in [0, 0.1) is 0 Å². The molecule has 0 bridgehead atoms. The predicted molar refractivity (Wildman–Crippen MR) is 116 cm³/mol. The number of thiophene rings is 1. The summed E-state index contributed by atoms with van der Waals surface area (Å²) in [7, 11) is -4.03. The molecule has 4 aromatic rings. The maximum atomic E-state index is 12.7. The summed E-state index contributed by atoms with van der Waals surface area (Å²) < 4.78 is 26.4. The number of carbonyl (C=O) groups is 1. The largest absolute Gasteiger partial charge is 0.360 e. The number of fused-ring (bicyclic) bond motifs is 1. The number of aromatic nitrogens is 2. The third kappa shape index (κ3) is 4.06. The number of halogens is 1. The molecule has 0 spiro atoms. The lowest BCUT2D eigenvalue weighted by Gasteiger charge is -2.08. The standard InChI is InChI=1S/C19H13ClN4O4S2/c20-16-7-8-17(29-16)30(27,28)24-19(26)23-11-5-6-15(21-9-11)13-10-22-14-4-2-1-3-12(14)18(13)25/h1-10H,(H,22,25)(H2,23,24,26). The van der Waals surface area contributed by atoms with Crippen LogP contribution in [0.2, 0.25) is 4.34 Å². The highest BCUT2D eigenvalue weighted by Gasteiger charge is 2.20. The molecule has 0 unspecified atom stereocenters. The van der Waals surface area contributed by atoms with E-state index < -0.39 is 16.1 Å². The average Bonchev–Trinajstić information content (AvgIpc) is 3.16. The SMILES string of the molecule is O=C(Nc1ccc(-c2c[nH]c3ccccc3c2=O)nc1)NS(=O)(=O)c1ccc(Cl)s1.